The monoisotopic (exact) mass is 391 g/mol. The second-order valence-electron chi connectivity index (χ2n) is 6.01. The van der Waals surface area contributed by atoms with Gasteiger partial charge in [0.2, 0.25) is 0 Å². The molecule has 0 unspecified atom stereocenters. The van der Waals surface area contributed by atoms with E-state index in [2.05, 4.69) is 15.8 Å². The molecule has 2 N–H and O–H groups in total. The predicted octanol–water partition coefficient (Wildman–Crippen LogP) is 3.85. The van der Waals surface area contributed by atoms with E-state index in [1.807, 2.05) is 0 Å². The molecule has 0 aliphatic heterocycles. The Bertz CT molecular complexity index is 1010. The number of nitrogens with zero attached hydrogens (tertiary/aromatic N) is 1. The number of amides is 2. The van der Waals surface area contributed by atoms with Gasteiger partial charge in [0.05, 0.1) is 13.3 Å². The summed E-state index contributed by atoms with van der Waals surface area (Å²) in [7, 11) is 1.56. The summed E-state index contributed by atoms with van der Waals surface area (Å²) in [5.74, 6) is -0.352. The van der Waals surface area contributed by atoms with Crippen molar-refractivity contribution < 1.29 is 18.7 Å². The minimum absolute atomic E-state index is 0.270. The van der Waals surface area contributed by atoms with Crippen molar-refractivity contribution >= 4 is 23.7 Å². The third-order valence-electron chi connectivity index (χ3n) is 4.01. The fourth-order valence-electron chi connectivity index (χ4n) is 2.43. The standard InChI is InChI=1S/C22H18FN3O3/c1-29-20-12-6-16(7-13-20)21(27)25-19-10-4-17(5-11-19)22(28)26-24-14-15-2-8-18(23)9-3-15/h2-14H,1H3,(H,25,27)(H,26,28)/b24-14+. The van der Waals surface area contributed by atoms with Crippen LogP contribution >= 0.6 is 0 Å². The SMILES string of the molecule is COc1ccc(C(=O)Nc2ccc(C(=O)N/N=C/c3ccc(F)cc3)cc2)cc1. The highest BCUT2D eigenvalue weighted by molar-refractivity contribution is 6.04. The number of anilines is 1. The molecule has 0 bridgehead atoms. The van der Waals surface area contributed by atoms with E-state index in [9.17, 15) is 14.0 Å². The molecule has 0 saturated heterocycles. The summed E-state index contributed by atoms with van der Waals surface area (Å²) in [5.41, 5.74) is 4.47. The van der Waals surface area contributed by atoms with Crippen molar-refractivity contribution in [1.29, 1.82) is 0 Å². The maximum Gasteiger partial charge on any atom is 0.271 e. The Morgan fingerprint density at radius 3 is 2.07 bits per heavy atom. The number of hydrazone groups is 1. The van der Waals surface area contributed by atoms with Crippen LogP contribution in [0.3, 0.4) is 0 Å². The fourth-order valence-corrected chi connectivity index (χ4v) is 2.43. The van der Waals surface area contributed by atoms with Gasteiger partial charge in [0.1, 0.15) is 11.6 Å². The van der Waals surface area contributed by atoms with Crippen LogP contribution in [0.1, 0.15) is 26.3 Å². The summed E-state index contributed by atoms with van der Waals surface area (Å²) >= 11 is 0. The second-order valence-corrected chi connectivity index (χ2v) is 6.01. The molecule has 3 aromatic carbocycles. The summed E-state index contributed by atoms with van der Waals surface area (Å²) in [4.78, 5) is 24.4. The molecule has 7 heteroatoms. The molecule has 0 aliphatic carbocycles. The molecule has 0 saturated carbocycles. The minimum Gasteiger partial charge on any atom is -0.497 e. The third-order valence-corrected chi connectivity index (χ3v) is 4.01. The smallest absolute Gasteiger partial charge is 0.271 e. The number of carbonyl (C=O) groups excluding carboxylic acids is 2. The van der Waals surface area contributed by atoms with Gasteiger partial charge in [-0.2, -0.15) is 5.10 Å². The zero-order valence-corrected chi connectivity index (χ0v) is 15.6. The topological polar surface area (TPSA) is 79.8 Å². The second kappa shape index (κ2) is 9.27. The van der Waals surface area contributed by atoms with Crippen LogP contribution in [0, 0.1) is 5.82 Å². The Morgan fingerprint density at radius 1 is 0.862 bits per heavy atom. The zero-order chi connectivity index (χ0) is 20.6. The Kier molecular flexibility index (Phi) is 6.32. The number of halogens is 1. The average molecular weight is 391 g/mol. The van der Waals surface area contributed by atoms with Crippen molar-refractivity contribution in [2.75, 3.05) is 12.4 Å². The van der Waals surface area contributed by atoms with E-state index in [0.717, 1.165) is 0 Å². The fraction of sp³-hybridized carbons (Fsp3) is 0.0455. The summed E-state index contributed by atoms with van der Waals surface area (Å²) in [5, 5.41) is 6.60. The van der Waals surface area contributed by atoms with Crippen LogP contribution < -0.4 is 15.5 Å². The van der Waals surface area contributed by atoms with E-state index in [0.29, 0.717) is 28.1 Å². The summed E-state index contributed by atoms with van der Waals surface area (Å²) in [6.07, 6.45) is 1.42. The van der Waals surface area contributed by atoms with E-state index in [1.54, 1.807) is 67.8 Å². The van der Waals surface area contributed by atoms with Crippen molar-refractivity contribution in [3.8, 4) is 5.75 Å². The van der Waals surface area contributed by atoms with E-state index >= 15 is 0 Å². The highest BCUT2D eigenvalue weighted by Crippen LogP contribution is 2.14. The molecule has 0 radical (unpaired) electrons. The molecular formula is C22H18FN3O3. The van der Waals surface area contributed by atoms with Gasteiger partial charge in [-0.05, 0) is 66.2 Å². The molecule has 0 atom stereocenters. The lowest BCUT2D eigenvalue weighted by atomic mass is 10.1. The maximum absolute atomic E-state index is 12.9. The molecule has 0 spiro atoms. The van der Waals surface area contributed by atoms with Gasteiger partial charge in [0.25, 0.3) is 11.8 Å². The van der Waals surface area contributed by atoms with E-state index < -0.39 is 5.91 Å². The molecule has 3 aromatic rings. The van der Waals surface area contributed by atoms with Gasteiger partial charge in [-0.25, -0.2) is 9.82 Å². The van der Waals surface area contributed by atoms with Gasteiger partial charge in [0.15, 0.2) is 0 Å². The van der Waals surface area contributed by atoms with E-state index in [4.69, 9.17) is 4.74 Å². The van der Waals surface area contributed by atoms with E-state index in [-0.39, 0.29) is 11.7 Å². The molecule has 2 amide bonds. The molecule has 0 aliphatic rings. The van der Waals surface area contributed by atoms with Crippen LogP contribution in [-0.4, -0.2) is 25.1 Å². The molecule has 29 heavy (non-hydrogen) atoms. The molecule has 0 heterocycles. The third kappa shape index (κ3) is 5.49. The lowest BCUT2D eigenvalue weighted by Crippen LogP contribution is -2.17. The van der Waals surface area contributed by atoms with Crippen LogP contribution in [-0.2, 0) is 0 Å². The number of rotatable bonds is 6. The number of carbonyl (C=O) groups is 2. The molecule has 0 fully saturated rings. The number of ether oxygens (including phenoxy) is 1. The number of benzene rings is 3. The van der Waals surface area contributed by atoms with Crippen LogP contribution in [0.2, 0.25) is 0 Å². The van der Waals surface area contributed by atoms with Gasteiger partial charge < -0.3 is 10.1 Å². The minimum atomic E-state index is -0.406. The number of hydrogen-bond donors (Lipinski definition) is 2. The van der Waals surface area contributed by atoms with Crippen molar-refractivity contribution in [2.45, 2.75) is 0 Å². The van der Waals surface area contributed by atoms with Crippen molar-refractivity contribution in [3.05, 3.63) is 95.3 Å². The Morgan fingerprint density at radius 2 is 1.45 bits per heavy atom. The summed E-state index contributed by atoms with van der Waals surface area (Å²) < 4.78 is 17.9. The number of nitrogens with one attached hydrogen (secondary N) is 2. The quantitative estimate of drug-likeness (QED) is 0.495. The molecular weight excluding hydrogens is 373 g/mol. The van der Waals surface area contributed by atoms with Gasteiger partial charge in [-0.15, -0.1) is 0 Å². The Balaban J connectivity index is 1.56. The van der Waals surface area contributed by atoms with Crippen LogP contribution in [0.15, 0.2) is 77.9 Å². The van der Waals surface area contributed by atoms with Crippen LogP contribution in [0.5, 0.6) is 5.75 Å². The maximum atomic E-state index is 12.9. The van der Waals surface area contributed by atoms with Crippen LogP contribution in [0.4, 0.5) is 10.1 Å². The lowest BCUT2D eigenvalue weighted by Gasteiger charge is -2.07. The Hall–Kier alpha value is -4.00. The normalized spacial score (nSPS) is 10.6. The summed E-state index contributed by atoms with van der Waals surface area (Å²) in [6, 6.07) is 18.8. The molecule has 6 nitrogen and oxygen atoms in total. The highest BCUT2D eigenvalue weighted by atomic mass is 19.1. The van der Waals surface area contributed by atoms with Gasteiger partial charge in [-0.1, -0.05) is 12.1 Å². The molecule has 146 valence electrons. The summed E-state index contributed by atoms with van der Waals surface area (Å²) in [6.45, 7) is 0. The first-order chi connectivity index (χ1) is 14.0. The average Bonchev–Trinajstić information content (AvgIpc) is 2.75. The zero-order valence-electron chi connectivity index (χ0n) is 15.6. The van der Waals surface area contributed by atoms with Gasteiger partial charge in [-0.3, -0.25) is 9.59 Å². The van der Waals surface area contributed by atoms with Crippen molar-refractivity contribution in [3.63, 3.8) is 0 Å². The number of methoxy groups -OCH3 is 1. The lowest BCUT2D eigenvalue weighted by molar-refractivity contribution is 0.0954. The Labute approximate surface area is 167 Å². The first-order valence-corrected chi connectivity index (χ1v) is 8.69. The predicted molar refractivity (Wildman–Crippen MR) is 109 cm³/mol. The van der Waals surface area contributed by atoms with Crippen molar-refractivity contribution in [1.82, 2.24) is 5.43 Å². The molecule has 3 rings (SSSR count). The molecule has 0 aromatic heterocycles. The van der Waals surface area contributed by atoms with Gasteiger partial charge >= 0.3 is 0 Å². The first kappa shape index (κ1) is 19.8. The largest absolute Gasteiger partial charge is 0.497 e. The highest BCUT2D eigenvalue weighted by Gasteiger charge is 2.08. The first-order valence-electron chi connectivity index (χ1n) is 8.69. The van der Waals surface area contributed by atoms with Crippen LogP contribution in [0.25, 0.3) is 0 Å². The van der Waals surface area contributed by atoms with Gasteiger partial charge in [0, 0.05) is 16.8 Å². The van der Waals surface area contributed by atoms with Crippen molar-refractivity contribution in [2.24, 2.45) is 5.10 Å². The van der Waals surface area contributed by atoms with E-state index in [1.165, 1.54) is 18.3 Å². The number of hydrogen-bond acceptors (Lipinski definition) is 4.